The third-order valence-corrected chi connectivity index (χ3v) is 4.73. The van der Waals surface area contributed by atoms with Gasteiger partial charge in [-0.3, -0.25) is 19.3 Å². The average Bonchev–Trinajstić information content (AvgIpc) is 2.86. The summed E-state index contributed by atoms with van der Waals surface area (Å²) in [4.78, 5) is 38.4. The van der Waals surface area contributed by atoms with Crippen molar-refractivity contribution in [2.75, 3.05) is 11.9 Å². The van der Waals surface area contributed by atoms with E-state index in [2.05, 4.69) is 5.32 Å². The van der Waals surface area contributed by atoms with E-state index in [0.29, 0.717) is 5.02 Å². The van der Waals surface area contributed by atoms with Crippen LogP contribution in [-0.4, -0.2) is 29.2 Å². The van der Waals surface area contributed by atoms with Gasteiger partial charge in [0.25, 0.3) is 11.8 Å². The summed E-state index contributed by atoms with van der Waals surface area (Å²) in [7, 11) is 0. The van der Waals surface area contributed by atoms with Crippen molar-refractivity contribution >= 4 is 35.0 Å². The molecule has 2 aromatic rings. The molecule has 0 bridgehead atoms. The predicted molar refractivity (Wildman–Crippen MR) is 101 cm³/mol. The Morgan fingerprint density at radius 3 is 2.23 bits per heavy atom. The van der Waals surface area contributed by atoms with Crippen LogP contribution in [0.4, 0.5) is 5.69 Å². The van der Waals surface area contributed by atoms with Gasteiger partial charge in [0, 0.05) is 10.7 Å². The number of hydrogen-bond acceptors (Lipinski definition) is 3. The zero-order valence-corrected chi connectivity index (χ0v) is 15.4. The largest absolute Gasteiger partial charge is 0.324 e. The maximum Gasteiger partial charge on any atom is 0.262 e. The van der Waals surface area contributed by atoms with E-state index in [1.165, 1.54) is 12.1 Å². The maximum absolute atomic E-state index is 12.5. The van der Waals surface area contributed by atoms with Crippen LogP contribution in [0.3, 0.4) is 0 Å². The summed E-state index contributed by atoms with van der Waals surface area (Å²) < 4.78 is 0. The summed E-state index contributed by atoms with van der Waals surface area (Å²) >= 11 is 5.90. The molecule has 1 N–H and O–H groups in total. The number of imide groups is 1. The number of anilines is 1. The van der Waals surface area contributed by atoms with Crippen molar-refractivity contribution in [1.29, 1.82) is 0 Å². The first-order valence-corrected chi connectivity index (χ1v) is 8.90. The topological polar surface area (TPSA) is 66.5 Å². The Morgan fingerprint density at radius 2 is 1.62 bits per heavy atom. The van der Waals surface area contributed by atoms with E-state index in [1.807, 2.05) is 32.0 Å². The van der Waals surface area contributed by atoms with Gasteiger partial charge in [-0.2, -0.15) is 0 Å². The normalized spacial score (nSPS) is 13.1. The number of rotatable bonds is 5. The van der Waals surface area contributed by atoms with Gasteiger partial charge in [-0.25, -0.2) is 0 Å². The molecule has 0 aliphatic carbocycles. The number of carbonyl (C=O) groups excluding carboxylic acids is 3. The number of nitrogens with one attached hydrogen (secondary N) is 1. The summed E-state index contributed by atoms with van der Waals surface area (Å²) in [6.45, 7) is 3.70. The standard InChI is InChI=1S/C20H19ClN2O3/c1-3-12-6-5-7-13(4-2)18(12)22-17(24)11-23-19(25)15-9-8-14(21)10-16(15)20(23)26/h5-10H,3-4,11H2,1-2H3,(H,22,24). The zero-order chi connectivity index (χ0) is 18.8. The molecular weight excluding hydrogens is 352 g/mol. The molecule has 0 aromatic heterocycles. The molecule has 0 saturated carbocycles. The van der Waals surface area contributed by atoms with Crippen molar-refractivity contribution in [1.82, 2.24) is 4.90 Å². The summed E-state index contributed by atoms with van der Waals surface area (Å²) in [5.74, 6) is -1.38. The lowest BCUT2D eigenvalue weighted by atomic mass is 10.0. The van der Waals surface area contributed by atoms with Crippen LogP contribution in [0.25, 0.3) is 0 Å². The lowest BCUT2D eigenvalue weighted by Crippen LogP contribution is -2.37. The second-order valence-corrected chi connectivity index (χ2v) is 6.53. The number of aryl methyl sites for hydroxylation is 2. The highest BCUT2D eigenvalue weighted by atomic mass is 35.5. The van der Waals surface area contributed by atoms with Gasteiger partial charge < -0.3 is 5.32 Å². The minimum Gasteiger partial charge on any atom is -0.324 e. The van der Waals surface area contributed by atoms with Gasteiger partial charge in [-0.05, 0) is 42.2 Å². The number of para-hydroxylation sites is 1. The number of benzene rings is 2. The number of carbonyl (C=O) groups is 3. The highest BCUT2D eigenvalue weighted by Crippen LogP contribution is 2.26. The van der Waals surface area contributed by atoms with E-state index in [-0.39, 0.29) is 17.7 Å². The van der Waals surface area contributed by atoms with Crippen LogP contribution < -0.4 is 5.32 Å². The number of fused-ring (bicyclic) bond motifs is 1. The molecule has 0 radical (unpaired) electrons. The first-order valence-electron chi connectivity index (χ1n) is 8.52. The molecule has 3 rings (SSSR count). The average molecular weight is 371 g/mol. The minimum atomic E-state index is -0.498. The van der Waals surface area contributed by atoms with Crippen LogP contribution in [-0.2, 0) is 17.6 Å². The van der Waals surface area contributed by atoms with Gasteiger partial charge in [0.2, 0.25) is 5.91 Å². The lowest BCUT2D eigenvalue weighted by molar-refractivity contribution is -0.116. The van der Waals surface area contributed by atoms with Crippen molar-refractivity contribution < 1.29 is 14.4 Å². The fraction of sp³-hybridized carbons (Fsp3) is 0.250. The van der Waals surface area contributed by atoms with Crippen molar-refractivity contribution in [3.8, 4) is 0 Å². The summed E-state index contributed by atoms with van der Waals surface area (Å²) in [6.07, 6.45) is 1.55. The SMILES string of the molecule is CCc1cccc(CC)c1NC(=O)CN1C(=O)c2ccc(Cl)cc2C1=O. The van der Waals surface area contributed by atoms with Gasteiger partial charge in [0.05, 0.1) is 11.1 Å². The molecule has 0 atom stereocenters. The molecule has 5 nitrogen and oxygen atoms in total. The third-order valence-electron chi connectivity index (χ3n) is 4.50. The fourth-order valence-corrected chi connectivity index (χ4v) is 3.30. The first kappa shape index (κ1) is 18.1. The quantitative estimate of drug-likeness (QED) is 0.816. The molecule has 0 fully saturated rings. The predicted octanol–water partition coefficient (Wildman–Crippen LogP) is 3.70. The number of hydrogen-bond donors (Lipinski definition) is 1. The summed E-state index contributed by atoms with van der Waals surface area (Å²) in [6, 6.07) is 10.4. The Kier molecular flexibility index (Phi) is 5.09. The van der Waals surface area contributed by atoms with Crippen molar-refractivity contribution in [2.24, 2.45) is 0 Å². The van der Waals surface area contributed by atoms with E-state index in [9.17, 15) is 14.4 Å². The molecule has 6 heteroatoms. The van der Waals surface area contributed by atoms with E-state index in [0.717, 1.165) is 34.6 Å². The van der Waals surface area contributed by atoms with Gasteiger partial charge >= 0.3 is 0 Å². The highest BCUT2D eigenvalue weighted by molar-refractivity contribution is 6.32. The molecule has 1 heterocycles. The van der Waals surface area contributed by atoms with Gasteiger partial charge in [-0.15, -0.1) is 0 Å². The molecule has 134 valence electrons. The van der Waals surface area contributed by atoms with Crippen molar-refractivity contribution in [3.63, 3.8) is 0 Å². The Hall–Kier alpha value is -2.66. The molecule has 0 saturated heterocycles. The molecule has 1 aliphatic rings. The van der Waals surface area contributed by atoms with Crippen molar-refractivity contribution in [2.45, 2.75) is 26.7 Å². The van der Waals surface area contributed by atoms with Crippen LogP contribution in [0.2, 0.25) is 5.02 Å². The smallest absolute Gasteiger partial charge is 0.262 e. The monoisotopic (exact) mass is 370 g/mol. The number of amides is 3. The third kappa shape index (κ3) is 3.22. The molecular formula is C20H19ClN2O3. The van der Waals surface area contributed by atoms with E-state index < -0.39 is 17.7 Å². The van der Waals surface area contributed by atoms with Gasteiger partial charge in [0.15, 0.2) is 0 Å². The number of nitrogens with zero attached hydrogens (tertiary/aromatic N) is 1. The maximum atomic E-state index is 12.5. The fourth-order valence-electron chi connectivity index (χ4n) is 3.13. The second-order valence-electron chi connectivity index (χ2n) is 6.09. The van der Waals surface area contributed by atoms with Gasteiger partial charge in [0.1, 0.15) is 6.54 Å². The minimum absolute atomic E-state index is 0.235. The second kappa shape index (κ2) is 7.30. The van der Waals surface area contributed by atoms with Crippen molar-refractivity contribution in [3.05, 3.63) is 63.7 Å². The summed E-state index contributed by atoms with van der Waals surface area (Å²) in [5.41, 5.74) is 3.31. The molecule has 1 aliphatic heterocycles. The molecule has 2 aromatic carbocycles. The van der Waals surface area contributed by atoms with E-state index in [4.69, 9.17) is 11.6 Å². The highest BCUT2D eigenvalue weighted by Gasteiger charge is 2.36. The molecule has 0 unspecified atom stereocenters. The summed E-state index contributed by atoms with van der Waals surface area (Å²) in [5, 5.41) is 3.25. The zero-order valence-electron chi connectivity index (χ0n) is 14.6. The van der Waals surface area contributed by atoms with Crippen LogP contribution in [0.1, 0.15) is 45.7 Å². The van der Waals surface area contributed by atoms with E-state index in [1.54, 1.807) is 6.07 Å². The van der Waals surface area contributed by atoms with Gasteiger partial charge in [-0.1, -0.05) is 43.6 Å². The van der Waals surface area contributed by atoms with Crippen LogP contribution in [0.15, 0.2) is 36.4 Å². The Labute approximate surface area is 156 Å². The first-order chi connectivity index (χ1) is 12.5. The Balaban J connectivity index is 1.80. The number of halogens is 1. The Bertz CT molecular complexity index is 886. The molecule has 26 heavy (non-hydrogen) atoms. The molecule has 3 amide bonds. The lowest BCUT2D eigenvalue weighted by Gasteiger charge is -2.17. The van der Waals surface area contributed by atoms with Crippen LogP contribution in [0, 0.1) is 0 Å². The molecule has 0 spiro atoms. The van der Waals surface area contributed by atoms with E-state index >= 15 is 0 Å². The Morgan fingerprint density at radius 1 is 1.00 bits per heavy atom. The van der Waals surface area contributed by atoms with Crippen LogP contribution >= 0.6 is 11.6 Å². The van der Waals surface area contributed by atoms with Crippen LogP contribution in [0.5, 0.6) is 0 Å².